The van der Waals surface area contributed by atoms with Crippen molar-refractivity contribution in [3.63, 3.8) is 0 Å². The van der Waals surface area contributed by atoms with Gasteiger partial charge in [0.2, 0.25) is 11.8 Å². The minimum absolute atomic E-state index is 0.253. The fourth-order valence-electron chi connectivity index (χ4n) is 6.62. The third-order valence-corrected chi connectivity index (χ3v) is 11.1. The summed E-state index contributed by atoms with van der Waals surface area (Å²) < 4.78 is 3.77. The number of esters is 1. The number of unbranched alkanes of at least 4 members (excludes halogenated alkanes) is 4. The van der Waals surface area contributed by atoms with E-state index in [0.717, 1.165) is 41.5 Å². The van der Waals surface area contributed by atoms with Crippen molar-refractivity contribution >= 4 is 55.3 Å². The van der Waals surface area contributed by atoms with Crippen molar-refractivity contribution in [3.05, 3.63) is 101 Å². The van der Waals surface area contributed by atoms with Gasteiger partial charge in [0, 0.05) is 0 Å². The Kier molecular flexibility index (Phi) is 6.79. The molecule has 7 heteroatoms. The summed E-state index contributed by atoms with van der Waals surface area (Å²) >= 11 is 8.04. The molecule has 4 aliphatic rings. The maximum atomic E-state index is 14.1. The zero-order chi connectivity index (χ0) is 27.4. The summed E-state index contributed by atoms with van der Waals surface area (Å²) in [5, 5.41) is 0. The molecule has 0 radical (unpaired) electrons. The van der Waals surface area contributed by atoms with Gasteiger partial charge < -0.3 is 4.74 Å². The Bertz CT molecular complexity index is 1350. The molecule has 39 heavy (non-hydrogen) atoms. The molecule has 7 rings (SSSR count). The SMILES string of the molecule is CCCCCCCOC(=O)c1ccc(N2C(=O)C3C(C2=O)C2(Br)c4ccccc4C3(Br)c3ccccc32)cc1. The van der Waals surface area contributed by atoms with Crippen molar-refractivity contribution in [3.8, 4) is 0 Å². The molecule has 3 aromatic carbocycles. The van der Waals surface area contributed by atoms with E-state index in [0.29, 0.717) is 17.9 Å². The van der Waals surface area contributed by atoms with Crippen LogP contribution in [0, 0.1) is 11.8 Å². The highest BCUT2D eigenvalue weighted by Crippen LogP contribution is 2.70. The number of benzene rings is 3. The second-order valence-electron chi connectivity index (χ2n) is 10.6. The van der Waals surface area contributed by atoms with Crippen LogP contribution < -0.4 is 4.90 Å². The van der Waals surface area contributed by atoms with Crippen molar-refractivity contribution in [1.29, 1.82) is 0 Å². The van der Waals surface area contributed by atoms with E-state index in [4.69, 9.17) is 4.74 Å². The predicted octanol–water partition coefficient (Wildman–Crippen LogP) is 7.22. The first-order valence-electron chi connectivity index (χ1n) is 13.6. The van der Waals surface area contributed by atoms with E-state index in [1.807, 2.05) is 48.5 Å². The molecular formula is C32H29Br2NO4. The van der Waals surface area contributed by atoms with Gasteiger partial charge in [-0.05, 0) is 52.9 Å². The first-order valence-corrected chi connectivity index (χ1v) is 15.2. The monoisotopic (exact) mass is 649 g/mol. The van der Waals surface area contributed by atoms with Gasteiger partial charge in [-0.15, -0.1) is 0 Å². The van der Waals surface area contributed by atoms with Crippen LogP contribution in [0.2, 0.25) is 0 Å². The summed E-state index contributed by atoms with van der Waals surface area (Å²) in [7, 11) is 0. The quantitative estimate of drug-likeness (QED) is 0.112. The standard InChI is InChI=1S/C32H29Br2NO4/c1-2-3-4-5-10-19-39-30(38)20-15-17-21(18-16-20)35-28(36)26-27(29(35)37)32(34)23-12-7-6-11-22(23)31(26,33)24-13-8-9-14-25(24)32/h6-9,11-18,26-27H,2-5,10,19H2,1H3. The number of carbonyl (C=O) groups excluding carboxylic acids is 3. The lowest BCUT2D eigenvalue weighted by Crippen LogP contribution is -2.56. The molecular weight excluding hydrogens is 622 g/mol. The summed E-state index contributed by atoms with van der Waals surface area (Å²) in [4.78, 5) is 42.1. The van der Waals surface area contributed by atoms with Crippen LogP contribution in [0.3, 0.4) is 0 Å². The van der Waals surface area contributed by atoms with Crippen molar-refractivity contribution in [2.45, 2.75) is 47.7 Å². The van der Waals surface area contributed by atoms with Gasteiger partial charge in [-0.25, -0.2) is 9.69 Å². The van der Waals surface area contributed by atoms with Crippen molar-refractivity contribution < 1.29 is 19.1 Å². The lowest BCUT2D eigenvalue weighted by molar-refractivity contribution is -0.122. The predicted molar refractivity (Wildman–Crippen MR) is 157 cm³/mol. The highest BCUT2D eigenvalue weighted by molar-refractivity contribution is 9.10. The Morgan fingerprint density at radius 3 is 1.67 bits per heavy atom. The number of hydrogen-bond acceptors (Lipinski definition) is 4. The molecule has 2 amide bonds. The highest BCUT2D eigenvalue weighted by atomic mass is 79.9. The van der Waals surface area contributed by atoms with E-state index >= 15 is 0 Å². The smallest absolute Gasteiger partial charge is 0.338 e. The number of rotatable bonds is 8. The molecule has 1 aliphatic heterocycles. The van der Waals surface area contributed by atoms with Crippen LogP contribution in [0.1, 0.15) is 71.6 Å². The number of ether oxygens (including phenoxy) is 1. The van der Waals surface area contributed by atoms with Crippen molar-refractivity contribution in [2.75, 3.05) is 11.5 Å². The van der Waals surface area contributed by atoms with Crippen LogP contribution >= 0.6 is 31.9 Å². The molecule has 200 valence electrons. The molecule has 2 bridgehead atoms. The molecule has 1 fully saturated rings. The third kappa shape index (κ3) is 3.80. The molecule has 1 heterocycles. The maximum Gasteiger partial charge on any atom is 0.338 e. The lowest BCUT2D eigenvalue weighted by Gasteiger charge is -2.55. The topological polar surface area (TPSA) is 63.7 Å². The molecule has 3 aliphatic carbocycles. The molecule has 0 N–H and O–H groups in total. The number of halogens is 2. The summed E-state index contributed by atoms with van der Waals surface area (Å²) in [6.45, 7) is 2.55. The minimum Gasteiger partial charge on any atom is -0.462 e. The van der Waals surface area contributed by atoms with Crippen molar-refractivity contribution in [1.82, 2.24) is 0 Å². The summed E-state index contributed by atoms with van der Waals surface area (Å²) in [6.07, 6.45) is 5.39. The Morgan fingerprint density at radius 2 is 1.21 bits per heavy atom. The maximum absolute atomic E-state index is 14.1. The molecule has 0 spiro atoms. The van der Waals surface area contributed by atoms with Gasteiger partial charge in [-0.1, -0.05) is 113 Å². The number of anilines is 1. The van der Waals surface area contributed by atoms with Gasteiger partial charge in [-0.2, -0.15) is 0 Å². The second kappa shape index (κ2) is 10.0. The largest absolute Gasteiger partial charge is 0.462 e. The van der Waals surface area contributed by atoms with Crippen molar-refractivity contribution in [2.24, 2.45) is 11.8 Å². The van der Waals surface area contributed by atoms with Crippen LogP contribution in [-0.2, 0) is 23.0 Å². The first kappa shape index (κ1) is 26.5. The van der Waals surface area contributed by atoms with Gasteiger partial charge >= 0.3 is 5.97 Å². The van der Waals surface area contributed by atoms with E-state index < -0.39 is 26.5 Å². The van der Waals surface area contributed by atoms with Crippen LogP contribution in [0.15, 0.2) is 72.8 Å². The van der Waals surface area contributed by atoms with E-state index in [1.165, 1.54) is 17.7 Å². The molecule has 0 aromatic heterocycles. The average Bonchev–Trinajstić information content (AvgIpc) is 3.24. The molecule has 2 unspecified atom stereocenters. The normalized spacial score (nSPS) is 26.3. The van der Waals surface area contributed by atoms with E-state index in [9.17, 15) is 14.4 Å². The number of amides is 2. The van der Waals surface area contributed by atoms with Gasteiger partial charge in [-0.3, -0.25) is 9.59 Å². The molecule has 1 saturated heterocycles. The lowest BCUT2D eigenvalue weighted by atomic mass is 9.54. The Hall–Kier alpha value is -2.77. The fourth-order valence-corrected chi connectivity index (χ4v) is 8.93. The summed E-state index contributed by atoms with van der Waals surface area (Å²) in [6, 6.07) is 22.6. The Balaban J connectivity index is 1.30. The molecule has 2 atom stereocenters. The number of imide groups is 1. The highest BCUT2D eigenvalue weighted by Gasteiger charge is 2.72. The number of nitrogens with zero attached hydrogens (tertiary/aromatic N) is 1. The van der Waals surface area contributed by atoms with Crippen LogP contribution in [-0.4, -0.2) is 24.4 Å². The zero-order valence-electron chi connectivity index (χ0n) is 21.7. The van der Waals surface area contributed by atoms with E-state index in [2.05, 4.69) is 38.8 Å². The van der Waals surface area contributed by atoms with Gasteiger partial charge in [0.1, 0.15) is 0 Å². The van der Waals surface area contributed by atoms with Gasteiger partial charge in [0.15, 0.2) is 0 Å². The zero-order valence-corrected chi connectivity index (χ0v) is 24.8. The minimum atomic E-state index is -0.831. The second-order valence-corrected chi connectivity index (χ2v) is 13.1. The van der Waals surface area contributed by atoms with Crippen LogP contribution in [0.4, 0.5) is 5.69 Å². The number of hydrogen-bond donors (Lipinski definition) is 0. The fraction of sp³-hybridized carbons (Fsp3) is 0.344. The van der Waals surface area contributed by atoms with Gasteiger partial charge in [0.25, 0.3) is 0 Å². The summed E-state index contributed by atoms with van der Waals surface area (Å²) in [5.41, 5.74) is 4.85. The Morgan fingerprint density at radius 1 is 0.744 bits per heavy atom. The molecule has 5 nitrogen and oxygen atoms in total. The summed E-state index contributed by atoms with van der Waals surface area (Å²) in [5.74, 6) is -2.17. The van der Waals surface area contributed by atoms with Crippen LogP contribution in [0.25, 0.3) is 0 Å². The first-order chi connectivity index (χ1) is 18.8. The van der Waals surface area contributed by atoms with Gasteiger partial charge in [0.05, 0.1) is 38.3 Å². The average molecular weight is 651 g/mol. The molecule has 0 saturated carbocycles. The molecule has 3 aromatic rings. The Labute approximate surface area is 245 Å². The van der Waals surface area contributed by atoms with E-state index in [-0.39, 0.29) is 11.8 Å². The number of carbonyl (C=O) groups is 3. The third-order valence-electron chi connectivity index (χ3n) is 8.43. The number of alkyl halides is 2. The van der Waals surface area contributed by atoms with E-state index in [1.54, 1.807) is 24.3 Å². The van der Waals surface area contributed by atoms with Crippen LogP contribution in [0.5, 0.6) is 0 Å².